The van der Waals surface area contributed by atoms with Crippen molar-refractivity contribution in [2.75, 3.05) is 39.9 Å². The number of hydrogen-bond donors (Lipinski definition) is 0. The highest BCUT2D eigenvalue weighted by Gasteiger charge is 2.49. The van der Waals surface area contributed by atoms with Gasteiger partial charge in [0.15, 0.2) is 0 Å². The lowest BCUT2D eigenvalue weighted by atomic mass is 9.78. The number of likely N-dealkylation sites (tertiary alicyclic amines) is 2. The van der Waals surface area contributed by atoms with Gasteiger partial charge < -0.3 is 19.1 Å². The fraction of sp³-hybridized carbons (Fsp3) is 0.647. The highest BCUT2D eigenvalue weighted by Crippen LogP contribution is 2.40. The number of methoxy groups -OCH3 is 1. The Kier molecular flexibility index (Phi) is 4.43. The van der Waals surface area contributed by atoms with Crippen LogP contribution in [-0.4, -0.2) is 66.1 Å². The Balaban J connectivity index is 1.71. The summed E-state index contributed by atoms with van der Waals surface area (Å²) in [6.07, 6.45) is 4.52. The van der Waals surface area contributed by atoms with Gasteiger partial charge in [0.05, 0.1) is 12.0 Å². The molecule has 2 aliphatic heterocycles. The summed E-state index contributed by atoms with van der Waals surface area (Å²) in [6, 6.07) is 3.71. The van der Waals surface area contributed by atoms with Gasteiger partial charge in [-0.15, -0.1) is 0 Å². The summed E-state index contributed by atoms with van der Waals surface area (Å²) in [6.45, 7) is 3.21. The Hall–Kier alpha value is -1.82. The van der Waals surface area contributed by atoms with Gasteiger partial charge in [0.2, 0.25) is 5.91 Å². The highest BCUT2D eigenvalue weighted by molar-refractivity contribution is 5.94. The molecule has 126 valence electrons. The van der Waals surface area contributed by atoms with Crippen LogP contribution in [0.15, 0.2) is 18.3 Å². The molecule has 6 nitrogen and oxygen atoms in total. The average molecular weight is 319 g/mol. The molecule has 3 heterocycles. The summed E-state index contributed by atoms with van der Waals surface area (Å²) in [5.74, 6) is 0.221. The molecule has 0 aromatic carbocycles. The van der Waals surface area contributed by atoms with E-state index in [1.165, 1.54) is 0 Å². The number of piperidine rings is 1. The van der Waals surface area contributed by atoms with Crippen LogP contribution in [0.3, 0.4) is 0 Å². The molecule has 2 aliphatic rings. The number of carbonyl (C=O) groups is 2. The predicted molar refractivity (Wildman–Crippen MR) is 86.1 cm³/mol. The molecule has 0 aliphatic carbocycles. The van der Waals surface area contributed by atoms with Crippen molar-refractivity contribution < 1.29 is 14.3 Å². The summed E-state index contributed by atoms with van der Waals surface area (Å²) >= 11 is 0. The van der Waals surface area contributed by atoms with Gasteiger partial charge in [-0.25, -0.2) is 0 Å². The first-order valence-electron chi connectivity index (χ1n) is 8.26. The lowest BCUT2D eigenvalue weighted by Gasteiger charge is -2.39. The van der Waals surface area contributed by atoms with E-state index in [4.69, 9.17) is 4.74 Å². The van der Waals surface area contributed by atoms with Gasteiger partial charge in [0, 0.05) is 46.5 Å². The second-order valence-electron chi connectivity index (χ2n) is 6.65. The van der Waals surface area contributed by atoms with Gasteiger partial charge in [-0.05, 0) is 31.4 Å². The van der Waals surface area contributed by atoms with Crippen LogP contribution in [0.25, 0.3) is 0 Å². The van der Waals surface area contributed by atoms with Crippen molar-refractivity contribution in [3.05, 3.63) is 24.0 Å². The number of rotatable bonds is 4. The van der Waals surface area contributed by atoms with E-state index in [1.54, 1.807) is 7.11 Å². The monoisotopic (exact) mass is 319 g/mol. The minimum Gasteiger partial charge on any atom is -0.383 e. The van der Waals surface area contributed by atoms with Crippen molar-refractivity contribution in [2.24, 2.45) is 12.5 Å². The van der Waals surface area contributed by atoms with E-state index in [-0.39, 0.29) is 17.2 Å². The zero-order chi connectivity index (χ0) is 16.4. The number of amides is 2. The number of carbonyl (C=O) groups excluding carboxylic acids is 2. The number of hydrogen-bond acceptors (Lipinski definition) is 3. The van der Waals surface area contributed by atoms with Crippen molar-refractivity contribution >= 4 is 11.8 Å². The Morgan fingerprint density at radius 3 is 2.87 bits per heavy atom. The number of aryl methyl sites for hydroxylation is 1. The molecule has 0 bridgehead atoms. The smallest absolute Gasteiger partial charge is 0.270 e. The van der Waals surface area contributed by atoms with Gasteiger partial charge in [-0.3, -0.25) is 9.59 Å². The quantitative estimate of drug-likeness (QED) is 0.836. The van der Waals surface area contributed by atoms with Gasteiger partial charge >= 0.3 is 0 Å². The molecular formula is C17H25N3O3. The van der Waals surface area contributed by atoms with Crippen LogP contribution in [0.2, 0.25) is 0 Å². The third-order valence-electron chi connectivity index (χ3n) is 5.19. The molecule has 0 radical (unpaired) electrons. The van der Waals surface area contributed by atoms with Crippen LogP contribution in [0.1, 0.15) is 29.8 Å². The first-order chi connectivity index (χ1) is 11.1. The van der Waals surface area contributed by atoms with Crippen molar-refractivity contribution in [1.82, 2.24) is 14.4 Å². The Morgan fingerprint density at radius 2 is 2.17 bits per heavy atom. The fourth-order valence-electron chi connectivity index (χ4n) is 3.84. The van der Waals surface area contributed by atoms with Crippen LogP contribution in [0.4, 0.5) is 0 Å². The molecule has 0 saturated carbocycles. The third-order valence-corrected chi connectivity index (χ3v) is 5.19. The summed E-state index contributed by atoms with van der Waals surface area (Å²) in [5.41, 5.74) is 0.300. The summed E-state index contributed by atoms with van der Waals surface area (Å²) in [4.78, 5) is 29.3. The lowest BCUT2D eigenvalue weighted by molar-refractivity contribution is -0.146. The zero-order valence-corrected chi connectivity index (χ0v) is 14.0. The molecule has 2 amide bonds. The van der Waals surface area contributed by atoms with E-state index < -0.39 is 0 Å². The van der Waals surface area contributed by atoms with Gasteiger partial charge in [-0.1, -0.05) is 0 Å². The lowest BCUT2D eigenvalue weighted by Crippen LogP contribution is -2.51. The Labute approximate surface area is 137 Å². The van der Waals surface area contributed by atoms with E-state index in [9.17, 15) is 9.59 Å². The van der Waals surface area contributed by atoms with Crippen molar-refractivity contribution in [3.63, 3.8) is 0 Å². The second kappa shape index (κ2) is 6.35. The largest absolute Gasteiger partial charge is 0.383 e. The second-order valence-corrected chi connectivity index (χ2v) is 6.65. The van der Waals surface area contributed by atoms with Crippen molar-refractivity contribution in [2.45, 2.75) is 19.3 Å². The van der Waals surface area contributed by atoms with Crippen LogP contribution in [0, 0.1) is 5.41 Å². The molecule has 0 N–H and O–H groups in total. The summed E-state index contributed by atoms with van der Waals surface area (Å²) < 4.78 is 6.94. The highest BCUT2D eigenvalue weighted by atomic mass is 16.5. The van der Waals surface area contributed by atoms with Gasteiger partial charge in [-0.2, -0.15) is 0 Å². The normalized spacial score (nSPS) is 24.7. The van der Waals surface area contributed by atoms with E-state index in [2.05, 4.69) is 0 Å². The van der Waals surface area contributed by atoms with Gasteiger partial charge in [0.25, 0.3) is 5.91 Å². The Morgan fingerprint density at radius 1 is 1.35 bits per heavy atom. The van der Waals surface area contributed by atoms with Crippen LogP contribution in [0.5, 0.6) is 0 Å². The maximum absolute atomic E-state index is 12.9. The van der Waals surface area contributed by atoms with Crippen molar-refractivity contribution in [1.29, 1.82) is 0 Å². The molecule has 1 unspecified atom stereocenters. The first kappa shape index (κ1) is 16.1. The molecule has 3 rings (SSSR count). The van der Waals surface area contributed by atoms with Crippen LogP contribution >= 0.6 is 0 Å². The van der Waals surface area contributed by atoms with E-state index in [0.717, 1.165) is 25.8 Å². The molecule has 23 heavy (non-hydrogen) atoms. The summed E-state index contributed by atoms with van der Waals surface area (Å²) in [7, 11) is 3.53. The molecule has 6 heteroatoms. The standard InChI is InChI=1S/C17H25N3O3/c1-18-8-3-5-14(18)15(21)20-10-7-17(13-20)6-4-9-19(16(17)22)11-12-23-2/h3,5,8H,4,6-7,9-13H2,1-2H3. The van der Waals surface area contributed by atoms with E-state index in [0.29, 0.717) is 31.9 Å². The van der Waals surface area contributed by atoms with Crippen LogP contribution in [-0.2, 0) is 16.6 Å². The molecular weight excluding hydrogens is 294 g/mol. The molecule has 2 fully saturated rings. The predicted octanol–water partition coefficient (Wildman–Crippen LogP) is 1.13. The molecule has 1 aromatic heterocycles. The average Bonchev–Trinajstić information content (AvgIpc) is 3.16. The SMILES string of the molecule is COCCN1CCCC2(CCN(C(=O)c3cccn3C)C2)C1=O. The molecule has 1 aromatic rings. The molecule has 2 saturated heterocycles. The molecule has 1 atom stereocenters. The zero-order valence-electron chi connectivity index (χ0n) is 14.0. The third kappa shape index (κ3) is 2.87. The number of nitrogens with zero attached hydrogens (tertiary/aromatic N) is 3. The first-order valence-corrected chi connectivity index (χ1v) is 8.26. The summed E-state index contributed by atoms with van der Waals surface area (Å²) in [5, 5.41) is 0. The maximum Gasteiger partial charge on any atom is 0.270 e. The fourth-order valence-corrected chi connectivity index (χ4v) is 3.84. The van der Waals surface area contributed by atoms with E-state index in [1.807, 2.05) is 39.7 Å². The number of aromatic nitrogens is 1. The van der Waals surface area contributed by atoms with E-state index >= 15 is 0 Å². The molecule has 1 spiro atoms. The topological polar surface area (TPSA) is 54.8 Å². The minimum absolute atomic E-state index is 0.0242. The maximum atomic E-state index is 12.9. The minimum atomic E-state index is -0.382. The Bertz CT molecular complexity index is 598. The van der Waals surface area contributed by atoms with Gasteiger partial charge in [0.1, 0.15) is 5.69 Å². The van der Waals surface area contributed by atoms with Crippen molar-refractivity contribution in [3.8, 4) is 0 Å². The van der Waals surface area contributed by atoms with Crippen LogP contribution < -0.4 is 0 Å². The number of ether oxygens (including phenoxy) is 1.